The molecule has 0 bridgehead atoms. The second-order valence-electron chi connectivity index (χ2n) is 6.57. The fraction of sp³-hybridized carbons (Fsp3) is 0.333. The molecule has 0 spiro atoms. The Labute approximate surface area is 135 Å². The number of hydrogen-bond acceptors (Lipinski definition) is 2. The van der Waals surface area contributed by atoms with Crippen LogP contribution in [0.4, 0.5) is 0 Å². The lowest BCUT2D eigenvalue weighted by Gasteiger charge is -2.38. The Morgan fingerprint density at radius 2 is 1.64 bits per heavy atom. The predicted molar refractivity (Wildman–Crippen MR) is 96.9 cm³/mol. The Kier molecular flexibility index (Phi) is 3.91. The van der Waals surface area contributed by atoms with Crippen LogP contribution in [0.15, 0.2) is 60.7 Å². The van der Waals surface area contributed by atoms with Crippen LogP contribution in [0.3, 0.4) is 0 Å². The third kappa shape index (κ3) is 2.46. The van der Waals surface area contributed by atoms with Gasteiger partial charge in [-0.3, -0.25) is 4.67 Å². The van der Waals surface area contributed by atoms with Crippen molar-refractivity contribution in [3.05, 3.63) is 60.7 Å². The van der Waals surface area contributed by atoms with Gasteiger partial charge in [0.1, 0.15) is 8.07 Å². The van der Waals surface area contributed by atoms with Crippen molar-refractivity contribution in [1.82, 2.24) is 4.67 Å². The van der Waals surface area contributed by atoms with Gasteiger partial charge in [-0.2, -0.15) is 0 Å². The van der Waals surface area contributed by atoms with Crippen molar-refractivity contribution in [2.45, 2.75) is 31.2 Å². The lowest BCUT2D eigenvalue weighted by atomic mass is 10.0. The maximum absolute atomic E-state index is 6.17. The van der Waals surface area contributed by atoms with Gasteiger partial charge in [-0.15, -0.1) is 0 Å². The zero-order chi connectivity index (χ0) is 15.0. The summed E-state index contributed by atoms with van der Waals surface area (Å²) in [5, 5.41) is 3.04. The minimum Gasteiger partial charge on any atom is -0.342 e. The largest absolute Gasteiger partial charge is 0.342 e. The molecule has 0 radical (unpaired) electrons. The summed E-state index contributed by atoms with van der Waals surface area (Å²) in [6, 6.07) is 24.1. The van der Waals surface area contributed by atoms with Crippen LogP contribution in [0, 0.1) is 0 Å². The van der Waals surface area contributed by atoms with Crippen LogP contribution in [-0.4, -0.2) is 31.4 Å². The van der Waals surface area contributed by atoms with E-state index in [0.717, 1.165) is 0 Å². The molecular formula is C18H22NOPSi. The molecule has 2 aliphatic rings. The number of hydrogen-bond donors (Lipinski definition) is 0. The average Bonchev–Trinajstić information content (AvgIpc) is 2.82. The summed E-state index contributed by atoms with van der Waals surface area (Å²) in [6.07, 6.45) is 1.73. The number of rotatable bonds is 4. The normalized spacial score (nSPS) is 25.9. The molecule has 4 rings (SSSR count). The third-order valence-corrected chi connectivity index (χ3v) is 10.9. The Morgan fingerprint density at radius 3 is 2.09 bits per heavy atom. The molecular weight excluding hydrogens is 305 g/mol. The molecule has 0 saturated carbocycles. The molecule has 0 N–H and O–H groups in total. The molecule has 2 nitrogen and oxygen atoms in total. The maximum atomic E-state index is 6.17. The van der Waals surface area contributed by atoms with Crippen molar-refractivity contribution in [1.29, 1.82) is 0 Å². The molecule has 2 saturated heterocycles. The Balaban J connectivity index is 1.69. The van der Waals surface area contributed by atoms with Gasteiger partial charge >= 0.3 is 0 Å². The van der Waals surface area contributed by atoms with Gasteiger partial charge in [0.2, 0.25) is 0 Å². The van der Waals surface area contributed by atoms with Crippen LogP contribution in [0.25, 0.3) is 0 Å². The summed E-state index contributed by atoms with van der Waals surface area (Å²) in [6.45, 7) is 3.74. The molecule has 1 unspecified atom stereocenters. The zero-order valence-corrected chi connectivity index (χ0v) is 14.9. The molecule has 2 fully saturated rings. The molecule has 2 aliphatic heterocycles. The van der Waals surface area contributed by atoms with Gasteiger partial charge in [-0.1, -0.05) is 77.6 Å². The first-order valence-corrected chi connectivity index (χ1v) is 11.6. The SMILES string of the molecule is C[Si](C[C@H]1OPN2CC[C@@H]12)(c1ccccc1)c1ccccc1. The summed E-state index contributed by atoms with van der Waals surface area (Å²) in [5.74, 6) is 0. The Morgan fingerprint density at radius 1 is 1.05 bits per heavy atom. The summed E-state index contributed by atoms with van der Waals surface area (Å²) in [7, 11) is -1.16. The quantitative estimate of drug-likeness (QED) is 0.632. The highest BCUT2D eigenvalue weighted by Gasteiger charge is 2.46. The monoisotopic (exact) mass is 327 g/mol. The van der Waals surface area contributed by atoms with Crippen molar-refractivity contribution >= 4 is 27.4 Å². The molecule has 22 heavy (non-hydrogen) atoms. The van der Waals surface area contributed by atoms with Crippen molar-refractivity contribution in [3.63, 3.8) is 0 Å². The molecule has 0 aromatic heterocycles. The second kappa shape index (κ2) is 5.90. The molecule has 2 aromatic rings. The molecule has 0 amide bonds. The molecule has 4 heteroatoms. The molecule has 0 aliphatic carbocycles. The van der Waals surface area contributed by atoms with Gasteiger partial charge in [0.15, 0.2) is 0 Å². The minimum atomic E-state index is -1.75. The van der Waals surface area contributed by atoms with Gasteiger partial charge < -0.3 is 4.52 Å². The first-order valence-electron chi connectivity index (χ1n) is 8.06. The smallest absolute Gasteiger partial charge is 0.117 e. The minimum absolute atomic E-state index is 0.421. The van der Waals surface area contributed by atoms with Crippen LogP contribution in [0.2, 0.25) is 12.6 Å². The van der Waals surface area contributed by atoms with E-state index in [1.807, 2.05) is 0 Å². The topological polar surface area (TPSA) is 12.5 Å². The van der Waals surface area contributed by atoms with E-state index in [1.54, 1.807) is 0 Å². The standard InChI is InChI=1S/C18H22NOPSi/c1-22(15-8-4-2-5-9-15,16-10-6-3-7-11-16)14-18-17-12-13-19(17)21-20-18/h2-11,17-18,21H,12-14H2,1H3/t17-,18+/m0/s1. The number of fused-ring (bicyclic) bond motifs is 1. The second-order valence-corrected chi connectivity index (χ2v) is 11.8. The Bertz CT molecular complexity index is 597. The van der Waals surface area contributed by atoms with Crippen molar-refractivity contribution < 1.29 is 4.52 Å². The first kappa shape index (κ1) is 14.6. The molecule has 114 valence electrons. The third-order valence-electron chi connectivity index (χ3n) is 5.25. The average molecular weight is 327 g/mol. The van der Waals surface area contributed by atoms with E-state index < -0.39 is 8.07 Å². The van der Waals surface area contributed by atoms with Gasteiger partial charge in [0, 0.05) is 12.6 Å². The first-order chi connectivity index (χ1) is 10.8. The van der Waals surface area contributed by atoms with E-state index in [9.17, 15) is 0 Å². The lowest BCUT2D eigenvalue weighted by Crippen LogP contribution is -2.59. The van der Waals surface area contributed by atoms with Crippen LogP contribution in [0.1, 0.15) is 6.42 Å². The summed E-state index contributed by atoms with van der Waals surface area (Å²) >= 11 is 0. The predicted octanol–water partition coefficient (Wildman–Crippen LogP) is 2.86. The molecule has 2 heterocycles. The van der Waals surface area contributed by atoms with E-state index in [4.69, 9.17) is 4.52 Å². The van der Waals surface area contributed by atoms with Gasteiger partial charge in [-0.05, 0) is 12.5 Å². The number of benzene rings is 2. The van der Waals surface area contributed by atoms with E-state index in [-0.39, 0.29) is 0 Å². The van der Waals surface area contributed by atoms with Crippen molar-refractivity contribution in [3.8, 4) is 0 Å². The fourth-order valence-electron chi connectivity index (χ4n) is 3.72. The van der Waals surface area contributed by atoms with E-state index in [2.05, 4.69) is 71.9 Å². The van der Waals surface area contributed by atoms with E-state index in [1.165, 1.54) is 29.4 Å². The molecule has 3 atom stereocenters. The highest BCUT2D eigenvalue weighted by molar-refractivity contribution is 7.29. The van der Waals surface area contributed by atoms with Crippen LogP contribution in [0.5, 0.6) is 0 Å². The highest BCUT2D eigenvalue weighted by Crippen LogP contribution is 2.45. The van der Waals surface area contributed by atoms with Crippen LogP contribution >= 0.6 is 8.96 Å². The summed E-state index contributed by atoms with van der Waals surface area (Å²) < 4.78 is 8.68. The zero-order valence-electron chi connectivity index (χ0n) is 12.9. The lowest BCUT2D eigenvalue weighted by molar-refractivity contribution is 0.148. The van der Waals surface area contributed by atoms with Gasteiger partial charge in [0.25, 0.3) is 0 Å². The van der Waals surface area contributed by atoms with Crippen molar-refractivity contribution in [2.75, 3.05) is 6.54 Å². The Hall–Kier alpha value is -0.993. The van der Waals surface area contributed by atoms with Crippen molar-refractivity contribution in [2.24, 2.45) is 0 Å². The highest BCUT2D eigenvalue weighted by atomic mass is 31.1. The van der Waals surface area contributed by atoms with Crippen LogP contribution < -0.4 is 10.4 Å². The van der Waals surface area contributed by atoms with E-state index >= 15 is 0 Å². The van der Waals surface area contributed by atoms with Crippen LogP contribution in [-0.2, 0) is 4.52 Å². The van der Waals surface area contributed by atoms with Gasteiger partial charge in [-0.25, -0.2) is 0 Å². The summed E-state index contributed by atoms with van der Waals surface area (Å²) in [5.41, 5.74) is 0. The summed E-state index contributed by atoms with van der Waals surface area (Å²) in [4.78, 5) is 0. The maximum Gasteiger partial charge on any atom is 0.117 e. The molecule has 2 aromatic carbocycles. The van der Waals surface area contributed by atoms with E-state index in [0.29, 0.717) is 21.1 Å². The van der Waals surface area contributed by atoms with Gasteiger partial charge in [0.05, 0.1) is 15.1 Å². The fourth-order valence-corrected chi connectivity index (χ4v) is 8.87. The number of nitrogens with zero attached hydrogens (tertiary/aromatic N) is 1.